The van der Waals surface area contributed by atoms with Crippen LogP contribution < -0.4 is 20.2 Å². The van der Waals surface area contributed by atoms with Crippen LogP contribution in [0.25, 0.3) is 27.3 Å². The first-order valence-corrected chi connectivity index (χ1v) is 13.1. The smallest absolute Gasteiger partial charge is 0.341 e. The lowest BCUT2D eigenvalue weighted by Crippen LogP contribution is -2.47. The van der Waals surface area contributed by atoms with E-state index in [1.807, 2.05) is 6.07 Å². The van der Waals surface area contributed by atoms with Crippen LogP contribution in [-0.4, -0.2) is 74.5 Å². The molecule has 1 fully saturated rings. The minimum atomic E-state index is -1.33. The Balaban J connectivity index is 1.16. The van der Waals surface area contributed by atoms with E-state index in [-0.39, 0.29) is 16.5 Å². The minimum absolute atomic E-state index is 0.139. The maximum Gasteiger partial charge on any atom is 0.341 e. The first kappa shape index (κ1) is 25.8. The number of furan rings is 1. The van der Waals surface area contributed by atoms with Crippen molar-refractivity contribution in [1.82, 2.24) is 24.1 Å². The van der Waals surface area contributed by atoms with Crippen LogP contribution in [-0.2, 0) is 11.3 Å². The molecule has 1 aliphatic rings. The van der Waals surface area contributed by atoms with Gasteiger partial charge in [-0.15, -0.1) is 0 Å². The standard InChI is InChI=1S/C25H23F2N7O5S/c26-14-3-4-16(20(27)21(14)39-13-19(35)36)32-8-5-31(6-9-32)7-10-33-23-22(40-25(33)37)17-12-15(18-2-1-11-38-18)30-34(17)24(28)29-23/h1-4,11-12H,5-10,13H2,(H2,28,29)(H,35,36). The summed E-state index contributed by atoms with van der Waals surface area (Å²) >= 11 is 1.07. The van der Waals surface area contributed by atoms with Crippen LogP contribution in [0, 0.1) is 11.6 Å². The quantitative estimate of drug-likeness (QED) is 0.285. The van der Waals surface area contributed by atoms with Crippen LogP contribution in [0.1, 0.15) is 0 Å². The number of hydrogen-bond donors (Lipinski definition) is 2. The van der Waals surface area contributed by atoms with Gasteiger partial charge >= 0.3 is 10.8 Å². The molecule has 208 valence electrons. The molecule has 0 bridgehead atoms. The Hall–Kier alpha value is -4.50. The average Bonchev–Trinajstić information content (AvgIpc) is 3.67. The number of halogens is 2. The Morgan fingerprint density at radius 2 is 1.98 bits per heavy atom. The Kier molecular flexibility index (Phi) is 6.59. The summed E-state index contributed by atoms with van der Waals surface area (Å²) in [6.07, 6.45) is 1.55. The third-order valence-electron chi connectivity index (χ3n) is 6.74. The molecule has 40 heavy (non-hydrogen) atoms. The Morgan fingerprint density at radius 3 is 2.70 bits per heavy atom. The molecular formula is C25H23F2N7O5S. The second kappa shape index (κ2) is 10.2. The number of nitrogens with two attached hydrogens (primary N) is 1. The van der Waals surface area contributed by atoms with Gasteiger partial charge in [-0.25, -0.2) is 13.6 Å². The van der Waals surface area contributed by atoms with Crippen molar-refractivity contribution in [2.45, 2.75) is 6.54 Å². The molecule has 0 unspecified atom stereocenters. The predicted octanol–water partition coefficient (Wildman–Crippen LogP) is 2.51. The molecule has 5 aromatic rings. The summed E-state index contributed by atoms with van der Waals surface area (Å²) in [7, 11) is 0. The molecule has 1 aliphatic heterocycles. The minimum Gasteiger partial charge on any atom is -0.479 e. The molecule has 0 atom stereocenters. The van der Waals surface area contributed by atoms with Gasteiger partial charge in [0, 0.05) is 39.3 Å². The highest BCUT2D eigenvalue weighted by Gasteiger charge is 2.24. The van der Waals surface area contributed by atoms with Gasteiger partial charge in [-0.05, 0) is 30.3 Å². The highest BCUT2D eigenvalue weighted by atomic mass is 32.1. The molecular weight excluding hydrogens is 548 g/mol. The lowest BCUT2D eigenvalue weighted by molar-refractivity contribution is -0.139. The van der Waals surface area contributed by atoms with Gasteiger partial charge in [-0.2, -0.15) is 14.6 Å². The van der Waals surface area contributed by atoms with Crippen LogP contribution in [0.3, 0.4) is 0 Å². The summed E-state index contributed by atoms with van der Waals surface area (Å²) in [4.78, 5) is 31.9. The van der Waals surface area contributed by atoms with E-state index in [2.05, 4.69) is 15.0 Å². The van der Waals surface area contributed by atoms with E-state index in [1.54, 1.807) is 27.9 Å². The molecule has 1 saturated heterocycles. The van der Waals surface area contributed by atoms with Crippen molar-refractivity contribution in [1.29, 1.82) is 0 Å². The molecule has 3 N–H and O–H groups in total. The van der Waals surface area contributed by atoms with Crippen molar-refractivity contribution < 1.29 is 27.8 Å². The zero-order chi connectivity index (χ0) is 28.0. The van der Waals surface area contributed by atoms with Crippen LogP contribution in [0.2, 0.25) is 0 Å². The molecule has 5 heterocycles. The summed E-state index contributed by atoms with van der Waals surface area (Å²) in [5.74, 6) is -3.21. The van der Waals surface area contributed by atoms with Gasteiger partial charge in [0.15, 0.2) is 35.4 Å². The number of aromatic nitrogens is 4. The summed E-state index contributed by atoms with van der Waals surface area (Å²) in [5, 5.41) is 13.2. The molecule has 1 aromatic carbocycles. The van der Waals surface area contributed by atoms with Gasteiger partial charge < -0.3 is 24.9 Å². The van der Waals surface area contributed by atoms with Crippen molar-refractivity contribution >= 4 is 44.8 Å². The van der Waals surface area contributed by atoms with E-state index in [0.717, 1.165) is 17.4 Å². The zero-order valence-electron chi connectivity index (χ0n) is 20.9. The van der Waals surface area contributed by atoms with Crippen molar-refractivity contribution in [2.75, 3.05) is 50.0 Å². The second-order valence-corrected chi connectivity index (χ2v) is 10.1. The Labute approximate surface area is 228 Å². The Morgan fingerprint density at radius 1 is 1.18 bits per heavy atom. The van der Waals surface area contributed by atoms with Crippen molar-refractivity contribution in [3.63, 3.8) is 0 Å². The highest BCUT2D eigenvalue weighted by Crippen LogP contribution is 2.31. The number of nitrogen functional groups attached to an aromatic ring is 1. The van der Waals surface area contributed by atoms with Crippen LogP contribution in [0.4, 0.5) is 20.4 Å². The van der Waals surface area contributed by atoms with Gasteiger partial charge in [0.25, 0.3) is 0 Å². The highest BCUT2D eigenvalue weighted by molar-refractivity contribution is 7.17. The fourth-order valence-electron chi connectivity index (χ4n) is 4.78. The summed E-state index contributed by atoms with van der Waals surface area (Å²) in [6, 6.07) is 7.73. The number of thiazole rings is 1. The van der Waals surface area contributed by atoms with Gasteiger partial charge in [-0.3, -0.25) is 14.3 Å². The number of aliphatic carboxylic acids is 1. The number of rotatable bonds is 8. The average molecular weight is 572 g/mol. The van der Waals surface area contributed by atoms with Gasteiger partial charge in [-0.1, -0.05) is 11.3 Å². The third-order valence-corrected chi connectivity index (χ3v) is 7.73. The monoisotopic (exact) mass is 571 g/mol. The van der Waals surface area contributed by atoms with E-state index >= 15 is 0 Å². The van der Waals surface area contributed by atoms with Crippen molar-refractivity contribution in [2.24, 2.45) is 0 Å². The molecule has 15 heteroatoms. The van der Waals surface area contributed by atoms with Crippen molar-refractivity contribution in [3.05, 3.63) is 57.9 Å². The number of benzene rings is 1. The zero-order valence-corrected chi connectivity index (χ0v) is 21.7. The first-order chi connectivity index (χ1) is 19.3. The number of carbonyl (C=O) groups is 1. The number of carboxylic acid groups (broad SMARTS) is 1. The van der Waals surface area contributed by atoms with Gasteiger partial charge in [0.2, 0.25) is 5.95 Å². The number of nitrogens with zero attached hydrogens (tertiary/aromatic N) is 6. The first-order valence-electron chi connectivity index (χ1n) is 12.3. The third kappa shape index (κ3) is 4.62. The SMILES string of the molecule is Nc1nc2c(sc(=O)n2CCN2CCN(c3ccc(F)c(OCC(=O)O)c3F)CC2)c2cc(-c3ccco3)nn12. The van der Waals surface area contributed by atoms with E-state index in [0.29, 0.717) is 66.6 Å². The normalized spacial score (nSPS) is 14.4. The van der Waals surface area contributed by atoms with E-state index in [9.17, 15) is 18.4 Å². The number of hydrogen-bond acceptors (Lipinski definition) is 10. The number of ether oxygens (including phenoxy) is 1. The largest absolute Gasteiger partial charge is 0.479 e. The molecule has 6 rings (SSSR count). The fraction of sp³-hybridized carbons (Fsp3) is 0.280. The Bertz CT molecular complexity index is 1770. The van der Waals surface area contributed by atoms with Gasteiger partial charge in [0.1, 0.15) is 10.4 Å². The molecule has 0 radical (unpaired) electrons. The van der Waals surface area contributed by atoms with E-state index in [1.165, 1.54) is 10.6 Å². The van der Waals surface area contributed by atoms with E-state index in [4.69, 9.17) is 20.0 Å². The number of carboxylic acids is 1. The van der Waals surface area contributed by atoms with Crippen LogP contribution >= 0.6 is 11.3 Å². The second-order valence-electron chi connectivity index (χ2n) is 9.17. The van der Waals surface area contributed by atoms with Crippen LogP contribution in [0.15, 0.2) is 45.8 Å². The van der Waals surface area contributed by atoms with Crippen LogP contribution in [0.5, 0.6) is 5.75 Å². The summed E-state index contributed by atoms with van der Waals surface area (Å²) < 4.78 is 43.0. The molecule has 0 amide bonds. The molecule has 12 nitrogen and oxygen atoms in total. The molecule has 0 saturated carbocycles. The predicted molar refractivity (Wildman–Crippen MR) is 143 cm³/mol. The summed E-state index contributed by atoms with van der Waals surface area (Å²) in [5.41, 5.74) is 8.04. The maximum atomic E-state index is 14.9. The molecule has 0 aliphatic carbocycles. The maximum absolute atomic E-state index is 14.9. The number of anilines is 2. The van der Waals surface area contributed by atoms with Gasteiger partial charge in [0.05, 0.1) is 17.5 Å². The number of piperazine rings is 1. The molecule has 4 aromatic heterocycles. The van der Waals surface area contributed by atoms with E-state index < -0.39 is 30.0 Å². The van der Waals surface area contributed by atoms with Crippen molar-refractivity contribution in [3.8, 4) is 17.2 Å². The topological polar surface area (TPSA) is 144 Å². The fourth-order valence-corrected chi connectivity index (χ4v) is 5.74. The number of fused-ring (bicyclic) bond motifs is 3. The molecule has 0 spiro atoms. The lowest BCUT2D eigenvalue weighted by atomic mass is 10.2. The summed E-state index contributed by atoms with van der Waals surface area (Å²) in [6.45, 7) is 2.08. The lowest BCUT2D eigenvalue weighted by Gasteiger charge is -2.36.